The van der Waals surface area contributed by atoms with Gasteiger partial charge in [-0.3, -0.25) is 19.3 Å². The number of aryl methyl sites for hydroxylation is 1. The van der Waals surface area contributed by atoms with Crippen LogP contribution in [0.1, 0.15) is 36.8 Å². The van der Waals surface area contributed by atoms with E-state index in [9.17, 15) is 14.4 Å². The molecule has 1 unspecified atom stereocenters. The lowest BCUT2D eigenvalue weighted by molar-refractivity contribution is -0.141. The van der Waals surface area contributed by atoms with E-state index in [0.717, 1.165) is 29.9 Å². The number of aromatic nitrogens is 1. The molecular weight excluding hydrogens is 290 g/mol. The van der Waals surface area contributed by atoms with E-state index in [1.165, 1.54) is 16.2 Å². The number of hydrogen-bond acceptors (Lipinski definition) is 5. The summed E-state index contributed by atoms with van der Waals surface area (Å²) in [7, 11) is 0. The zero-order valence-corrected chi connectivity index (χ0v) is 12.7. The van der Waals surface area contributed by atoms with Gasteiger partial charge in [-0.25, -0.2) is 4.98 Å². The van der Waals surface area contributed by atoms with E-state index in [0.29, 0.717) is 11.0 Å². The summed E-state index contributed by atoms with van der Waals surface area (Å²) in [4.78, 5) is 41.6. The van der Waals surface area contributed by atoms with E-state index in [1.807, 2.05) is 0 Å². The van der Waals surface area contributed by atoms with Crippen molar-refractivity contribution in [3.8, 4) is 0 Å². The molecule has 1 aliphatic carbocycles. The van der Waals surface area contributed by atoms with Crippen molar-refractivity contribution in [2.45, 2.75) is 39.0 Å². The lowest BCUT2D eigenvalue weighted by atomic mass is 9.93. The third-order valence-corrected chi connectivity index (χ3v) is 4.92. The van der Waals surface area contributed by atoms with Crippen molar-refractivity contribution in [3.05, 3.63) is 10.6 Å². The highest BCUT2D eigenvalue weighted by molar-refractivity contribution is 7.15. The maximum absolute atomic E-state index is 11.9. The van der Waals surface area contributed by atoms with Gasteiger partial charge in [-0.1, -0.05) is 6.92 Å². The predicted octanol–water partition coefficient (Wildman–Crippen LogP) is 1.36. The van der Waals surface area contributed by atoms with Crippen molar-refractivity contribution in [1.82, 2.24) is 9.88 Å². The number of imide groups is 1. The van der Waals surface area contributed by atoms with Gasteiger partial charge in [0.15, 0.2) is 5.13 Å². The Bertz CT molecular complexity index is 595. The molecule has 1 saturated heterocycles. The molecule has 1 atom stereocenters. The van der Waals surface area contributed by atoms with Crippen molar-refractivity contribution in [3.63, 3.8) is 0 Å². The van der Waals surface area contributed by atoms with Crippen LogP contribution in [0, 0.1) is 5.92 Å². The predicted molar refractivity (Wildman–Crippen MR) is 77.9 cm³/mol. The fourth-order valence-electron chi connectivity index (χ4n) is 2.69. The first kappa shape index (κ1) is 14.2. The molecule has 7 heteroatoms. The number of carbonyl (C=O) groups excluding carboxylic acids is 3. The Morgan fingerprint density at radius 3 is 2.76 bits per heavy atom. The standard InChI is InChI=1S/C14H17N3O3S/c1-8-2-3-9-10(6-8)21-14(15-9)16-11(18)7-17-12(19)4-5-13(17)20/h8H,2-7H2,1H3,(H,15,16,18). The van der Waals surface area contributed by atoms with Crippen molar-refractivity contribution >= 4 is 34.2 Å². The molecule has 1 aromatic heterocycles. The van der Waals surface area contributed by atoms with Gasteiger partial charge in [0.05, 0.1) is 5.69 Å². The van der Waals surface area contributed by atoms with Crippen molar-refractivity contribution in [2.24, 2.45) is 5.92 Å². The number of thiazole rings is 1. The first-order valence-corrected chi connectivity index (χ1v) is 7.96. The van der Waals surface area contributed by atoms with E-state index < -0.39 is 0 Å². The second kappa shape index (κ2) is 5.55. The molecule has 2 heterocycles. The minimum atomic E-state index is -0.363. The first-order valence-electron chi connectivity index (χ1n) is 7.14. The molecule has 0 saturated carbocycles. The maximum Gasteiger partial charge on any atom is 0.246 e. The van der Waals surface area contributed by atoms with Crippen LogP contribution < -0.4 is 5.32 Å². The molecule has 112 valence electrons. The topological polar surface area (TPSA) is 79.4 Å². The van der Waals surface area contributed by atoms with Gasteiger partial charge in [0.2, 0.25) is 17.7 Å². The molecule has 1 N–H and O–H groups in total. The second-order valence-corrected chi connectivity index (χ2v) is 6.74. The van der Waals surface area contributed by atoms with Crippen molar-refractivity contribution in [2.75, 3.05) is 11.9 Å². The van der Waals surface area contributed by atoms with Crippen LogP contribution in [0.2, 0.25) is 0 Å². The van der Waals surface area contributed by atoms with E-state index in [-0.39, 0.29) is 37.1 Å². The summed E-state index contributed by atoms with van der Waals surface area (Å²) in [6.07, 6.45) is 3.49. The number of hydrogen-bond donors (Lipinski definition) is 1. The smallest absolute Gasteiger partial charge is 0.246 e. The van der Waals surface area contributed by atoms with Crippen LogP contribution in [0.25, 0.3) is 0 Å². The molecule has 3 amide bonds. The Balaban J connectivity index is 1.63. The van der Waals surface area contributed by atoms with Gasteiger partial charge < -0.3 is 5.32 Å². The minimum absolute atomic E-state index is 0.204. The highest BCUT2D eigenvalue weighted by Gasteiger charge is 2.30. The molecule has 0 bridgehead atoms. The summed E-state index contributed by atoms with van der Waals surface area (Å²) in [5, 5.41) is 3.27. The van der Waals surface area contributed by atoms with Crippen LogP contribution in [0.3, 0.4) is 0 Å². The molecule has 1 aromatic rings. The SMILES string of the molecule is CC1CCc2nc(NC(=O)CN3C(=O)CCC3=O)sc2C1. The maximum atomic E-state index is 11.9. The Morgan fingerprint density at radius 2 is 2.05 bits per heavy atom. The van der Waals surface area contributed by atoms with Gasteiger partial charge in [-0.05, 0) is 25.2 Å². The van der Waals surface area contributed by atoms with Crippen LogP contribution in [0.4, 0.5) is 5.13 Å². The number of carbonyl (C=O) groups is 3. The number of rotatable bonds is 3. The third kappa shape index (κ3) is 2.97. The van der Waals surface area contributed by atoms with Gasteiger partial charge in [0.1, 0.15) is 6.54 Å². The summed E-state index contributed by atoms with van der Waals surface area (Å²) < 4.78 is 0. The number of anilines is 1. The monoisotopic (exact) mass is 307 g/mol. The highest BCUT2D eigenvalue weighted by atomic mass is 32.1. The molecule has 1 aliphatic heterocycles. The van der Waals surface area contributed by atoms with E-state index in [1.54, 1.807) is 0 Å². The Kier molecular flexibility index (Phi) is 3.75. The molecule has 6 nitrogen and oxygen atoms in total. The Morgan fingerprint density at radius 1 is 1.33 bits per heavy atom. The fourth-order valence-corrected chi connectivity index (χ4v) is 3.88. The van der Waals surface area contributed by atoms with Gasteiger partial charge >= 0.3 is 0 Å². The van der Waals surface area contributed by atoms with Gasteiger partial charge in [0, 0.05) is 17.7 Å². The van der Waals surface area contributed by atoms with Gasteiger partial charge in [-0.2, -0.15) is 0 Å². The van der Waals surface area contributed by atoms with Crippen LogP contribution in [0.15, 0.2) is 0 Å². The average molecular weight is 307 g/mol. The lowest BCUT2D eigenvalue weighted by Gasteiger charge is -2.15. The molecule has 3 rings (SSSR count). The molecule has 0 spiro atoms. The minimum Gasteiger partial charge on any atom is -0.300 e. The zero-order valence-electron chi connectivity index (χ0n) is 11.8. The summed E-state index contributed by atoms with van der Waals surface area (Å²) in [5.41, 5.74) is 1.07. The summed E-state index contributed by atoms with van der Waals surface area (Å²) in [6.45, 7) is 2.00. The van der Waals surface area contributed by atoms with Crippen LogP contribution in [-0.4, -0.2) is 34.2 Å². The average Bonchev–Trinajstić information content (AvgIpc) is 2.95. The summed E-state index contributed by atoms with van der Waals surface area (Å²) in [5.74, 6) is -0.260. The van der Waals surface area contributed by atoms with Crippen LogP contribution in [-0.2, 0) is 27.2 Å². The van der Waals surface area contributed by atoms with E-state index in [4.69, 9.17) is 0 Å². The van der Waals surface area contributed by atoms with Crippen molar-refractivity contribution in [1.29, 1.82) is 0 Å². The lowest BCUT2D eigenvalue weighted by Crippen LogP contribution is -2.36. The first-order chi connectivity index (χ1) is 10.0. The van der Waals surface area contributed by atoms with Crippen LogP contribution in [0.5, 0.6) is 0 Å². The van der Waals surface area contributed by atoms with Crippen molar-refractivity contribution < 1.29 is 14.4 Å². The number of likely N-dealkylation sites (tertiary alicyclic amines) is 1. The fraction of sp³-hybridized carbons (Fsp3) is 0.571. The molecule has 0 aromatic carbocycles. The number of nitrogens with zero attached hydrogens (tertiary/aromatic N) is 2. The molecule has 0 radical (unpaired) electrons. The number of fused-ring (bicyclic) bond motifs is 1. The molecular formula is C14H17N3O3S. The quantitative estimate of drug-likeness (QED) is 0.855. The van der Waals surface area contributed by atoms with Gasteiger partial charge in [0.25, 0.3) is 0 Å². The zero-order chi connectivity index (χ0) is 15.0. The summed E-state index contributed by atoms with van der Waals surface area (Å²) in [6, 6.07) is 0. The van der Waals surface area contributed by atoms with E-state index >= 15 is 0 Å². The largest absolute Gasteiger partial charge is 0.300 e. The molecule has 21 heavy (non-hydrogen) atoms. The second-order valence-electron chi connectivity index (χ2n) is 5.66. The third-order valence-electron chi connectivity index (χ3n) is 3.89. The number of amides is 3. The Labute approximate surface area is 126 Å². The molecule has 1 fully saturated rings. The molecule has 2 aliphatic rings. The van der Waals surface area contributed by atoms with Crippen LogP contribution >= 0.6 is 11.3 Å². The highest BCUT2D eigenvalue weighted by Crippen LogP contribution is 2.32. The van der Waals surface area contributed by atoms with E-state index in [2.05, 4.69) is 17.2 Å². The number of nitrogens with one attached hydrogen (secondary N) is 1. The summed E-state index contributed by atoms with van der Waals surface area (Å²) >= 11 is 1.50. The van der Waals surface area contributed by atoms with Gasteiger partial charge in [-0.15, -0.1) is 11.3 Å². The Hall–Kier alpha value is -1.76. The normalized spacial score (nSPS) is 21.6.